The lowest BCUT2D eigenvalue weighted by Crippen LogP contribution is -2.11. The van der Waals surface area contributed by atoms with E-state index in [1.54, 1.807) is 12.1 Å². The Hall–Kier alpha value is -2.61. The van der Waals surface area contributed by atoms with Crippen molar-refractivity contribution in [2.75, 3.05) is 5.73 Å². The molecule has 0 aliphatic carbocycles. The maximum Gasteiger partial charge on any atom is 0.276 e. The molecule has 78 valence electrons. The average molecular weight is 212 g/mol. The minimum Gasteiger partial charge on any atom is -0.369 e. The number of benzene rings is 1. The van der Waals surface area contributed by atoms with Crippen LogP contribution in [0.4, 0.5) is 11.6 Å². The van der Waals surface area contributed by atoms with E-state index in [2.05, 4.69) is 14.8 Å². The number of nitrogen functional groups attached to an aromatic ring is 1. The first-order valence-corrected chi connectivity index (χ1v) is 4.55. The molecule has 0 aliphatic rings. The number of nitrogens with one attached hydrogen (secondary N) is 1. The summed E-state index contributed by atoms with van der Waals surface area (Å²) in [6.45, 7) is 6.97. The Balaban J connectivity index is 2.75. The van der Waals surface area contributed by atoms with Crippen LogP contribution in [0.1, 0.15) is 0 Å². The van der Waals surface area contributed by atoms with Crippen LogP contribution in [-0.4, -0.2) is 9.97 Å². The molecule has 16 heavy (non-hydrogen) atoms. The number of aromatic nitrogens is 2. The summed E-state index contributed by atoms with van der Waals surface area (Å²) in [5, 5.41) is 0. The van der Waals surface area contributed by atoms with Gasteiger partial charge in [-0.2, -0.15) is 0 Å². The number of nitrogens with zero attached hydrogens (tertiary/aromatic N) is 2. The minimum atomic E-state index is -0.513. The van der Waals surface area contributed by atoms with E-state index in [-0.39, 0.29) is 11.6 Å². The molecule has 0 saturated carbocycles. The van der Waals surface area contributed by atoms with E-state index in [9.17, 15) is 4.79 Å². The summed E-state index contributed by atoms with van der Waals surface area (Å²) < 4.78 is 0. The van der Waals surface area contributed by atoms with Gasteiger partial charge >= 0.3 is 0 Å². The molecule has 0 spiro atoms. The van der Waals surface area contributed by atoms with Crippen LogP contribution in [0.3, 0.4) is 0 Å². The molecule has 1 aromatic heterocycles. The molecule has 3 N–H and O–H groups in total. The van der Waals surface area contributed by atoms with Crippen LogP contribution in [0.25, 0.3) is 16.1 Å². The number of rotatable bonds is 1. The van der Waals surface area contributed by atoms with Gasteiger partial charge in [0.1, 0.15) is 0 Å². The summed E-state index contributed by atoms with van der Waals surface area (Å²) >= 11 is 0. The number of hydrogen-bond donors (Lipinski definition) is 2. The summed E-state index contributed by atoms with van der Waals surface area (Å²) in [6, 6.07) is 9.01. The van der Waals surface area contributed by atoms with Gasteiger partial charge in [0.2, 0.25) is 0 Å². The van der Waals surface area contributed by atoms with E-state index in [0.29, 0.717) is 11.3 Å². The number of H-pyrrole nitrogens is 1. The smallest absolute Gasteiger partial charge is 0.276 e. The average Bonchev–Trinajstić information content (AvgIpc) is 2.29. The second kappa shape index (κ2) is 3.87. The first kappa shape index (κ1) is 9.93. The van der Waals surface area contributed by atoms with Crippen molar-refractivity contribution in [2.24, 2.45) is 0 Å². The summed E-state index contributed by atoms with van der Waals surface area (Å²) in [5.41, 5.74) is 5.91. The molecule has 0 radical (unpaired) electrons. The van der Waals surface area contributed by atoms with Crippen molar-refractivity contribution in [3.63, 3.8) is 0 Å². The van der Waals surface area contributed by atoms with Crippen LogP contribution in [0.5, 0.6) is 0 Å². The Morgan fingerprint density at radius 3 is 2.62 bits per heavy atom. The van der Waals surface area contributed by atoms with Crippen LogP contribution >= 0.6 is 0 Å². The molecule has 0 atom stereocenters. The topological polar surface area (TPSA) is 76.1 Å². The Morgan fingerprint density at radius 2 is 2.00 bits per heavy atom. The zero-order valence-electron chi connectivity index (χ0n) is 8.27. The van der Waals surface area contributed by atoms with Crippen molar-refractivity contribution in [1.82, 2.24) is 9.97 Å². The van der Waals surface area contributed by atoms with Gasteiger partial charge in [-0.25, -0.2) is 9.83 Å². The van der Waals surface area contributed by atoms with Crippen molar-refractivity contribution < 1.29 is 0 Å². The largest absolute Gasteiger partial charge is 0.369 e. The van der Waals surface area contributed by atoms with Gasteiger partial charge in [0, 0.05) is 0 Å². The molecular formula is C11H8N4O. The number of hydrogen-bond acceptors (Lipinski definition) is 3. The highest BCUT2D eigenvalue weighted by molar-refractivity contribution is 5.74. The lowest BCUT2D eigenvalue weighted by atomic mass is 10.1. The quantitative estimate of drug-likeness (QED) is 0.704. The summed E-state index contributed by atoms with van der Waals surface area (Å²) in [7, 11) is 0. The predicted octanol–water partition coefficient (Wildman–Crippen LogP) is 1.57. The third-order valence-electron chi connectivity index (χ3n) is 2.07. The molecule has 1 heterocycles. The molecule has 0 unspecified atom stereocenters. The molecular weight excluding hydrogens is 204 g/mol. The maximum absolute atomic E-state index is 11.5. The molecule has 1 aromatic carbocycles. The standard InChI is InChI=1S/C11H8N4O/c1-13-9-8(7-5-3-2-4-6-7)14-11(12)15-10(9)16/h2-6H,(H3,12,14,15,16). The molecule has 0 amide bonds. The summed E-state index contributed by atoms with van der Waals surface area (Å²) in [6.07, 6.45) is 0. The zero-order valence-corrected chi connectivity index (χ0v) is 8.27. The number of aromatic amines is 1. The van der Waals surface area contributed by atoms with Gasteiger partial charge in [-0.15, -0.1) is 0 Å². The van der Waals surface area contributed by atoms with Crippen molar-refractivity contribution in [2.45, 2.75) is 0 Å². The highest BCUT2D eigenvalue weighted by Gasteiger charge is 2.11. The van der Waals surface area contributed by atoms with E-state index >= 15 is 0 Å². The van der Waals surface area contributed by atoms with Gasteiger partial charge < -0.3 is 10.7 Å². The first-order valence-electron chi connectivity index (χ1n) is 4.55. The molecule has 5 nitrogen and oxygen atoms in total. The first-order chi connectivity index (χ1) is 7.72. The van der Waals surface area contributed by atoms with Gasteiger partial charge in [-0.3, -0.25) is 4.79 Å². The Morgan fingerprint density at radius 1 is 1.31 bits per heavy atom. The summed E-state index contributed by atoms with van der Waals surface area (Å²) in [4.78, 5) is 20.9. The normalized spacial score (nSPS) is 9.69. The highest BCUT2D eigenvalue weighted by Crippen LogP contribution is 2.24. The summed E-state index contributed by atoms with van der Waals surface area (Å²) in [5.74, 6) is 0.0104. The van der Waals surface area contributed by atoms with Gasteiger partial charge in [0.25, 0.3) is 11.2 Å². The SMILES string of the molecule is [C-]#[N+]c1c(-c2ccccc2)nc(N)[nH]c1=O. The van der Waals surface area contributed by atoms with Crippen LogP contribution in [0, 0.1) is 6.57 Å². The lowest BCUT2D eigenvalue weighted by Gasteiger charge is -2.03. The van der Waals surface area contributed by atoms with E-state index in [1.165, 1.54) is 0 Å². The second-order valence-corrected chi connectivity index (χ2v) is 3.13. The monoisotopic (exact) mass is 212 g/mol. The molecule has 0 saturated heterocycles. The highest BCUT2D eigenvalue weighted by atomic mass is 16.1. The van der Waals surface area contributed by atoms with Gasteiger partial charge in [0.05, 0.1) is 12.3 Å². The molecule has 2 rings (SSSR count). The predicted molar refractivity (Wildman–Crippen MR) is 61.0 cm³/mol. The van der Waals surface area contributed by atoms with Crippen LogP contribution in [-0.2, 0) is 0 Å². The van der Waals surface area contributed by atoms with Gasteiger partial charge in [-0.05, 0) is 5.56 Å². The van der Waals surface area contributed by atoms with Crippen LogP contribution in [0.2, 0.25) is 0 Å². The second-order valence-electron chi connectivity index (χ2n) is 3.13. The Kier molecular flexibility index (Phi) is 2.40. The van der Waals surface area contributed by atoms with Gasteiger partial charge in [0.15, 0.2) is 5.95 Å². The fourth-order valence-electron chi connectivity index (χ4n) is 1.39. The zero-order chi connectivity index (χ0) is 11.5. The van der Waals surface area contributed by atoms with E-state index in [4.69, 9.17) is 12.3 Å². The molecule has 5 heteroatoms. The minimum absolute atomic E-state index is 0.0104. The number of nitrogens with two attached hydrogens (primary N) is 1. The Bertz CT molecular complexity index is 610. The van der Waals surface area contributed by atoms with Gasteiger partial charge in [-0.1, -0.05) is 30.3 Å². The lowest BCUT2D eigenvalue weighted by molar-refractivity contribution is 1.15. The van der Waals surface area contributed by atoms with E-state index < -0.39 is 5.56 Å². The van der Waals surface area contributed by atoms with Crippen molar-refractivity contribution in [3.8, 4) is 11.3 Å². The van der Waals surface area contributed by atoms with Crippen molar-refractivity contribution in [1.29, 1.82) is 0 Å². The van der Waals surface area contributed by atoms with Crippen molar-refractivity contribution >= 4 is 11.6 Å². The fourth-order valence-corrected chi connectivity index (χ4v) is 1.39. The third kappa shape index (κ3) is 1.64. The number of anilines is 1. The molecule has 0 fully saturated rings. The van der Waals surface area contributed by atoms with Crippen LogP contribution < -0.4 is 11.3 Å². The Labute approximate surface area is 91.4 Å². The molecule has 2 aromatic rings. The molecule has 0 aliphatic heterocycles. The fraction of sp³-hybridized carbons (Fsp3) is 0. The van der Waals surface area contributed by atoms with E-state index in [1.807, 2.05) is 18.2 Å². The van der Waals surface area contributed by atoms with Crippen LogP contribution in [0.15, 0.2) is 35.1 Å². The third-order valence-corrected chi connectivity index (χ3v) is 2.07. The van der Waals surface area contributed by atoms with Crippen molar-refractivity contribution in [3.05, 3.63) is 52.1 Å². The molecule has 0 bridgehead atoms. The maximum atomic E-state index is 11.5. The van der Waals surface area contributed by atoms with E-state index in [0.717, 1.165) is 0 Å².